The zero-order chi connectivity index (χ0) is 37.8. The first-order valence-corrected chi connectivity index (χ1v) is 20.3. The molecule has 0 fully saturated rings. The lowest BCUT2D eigenvalue weighted by molar-refractivity contribution is -0.160. The Balaban J connectivity index is 4.61. The molecule has 0 amide bonds. The lowest BCUT2D eigenvalue weighted by Gasteiger charge is -2.20. The Morgan fingerprint density at radius 1 is 0.627 bits per heavy atom. The van der Waals surface area contributed by atoms with E-state index in [9.17, 15) is 23.8 Å². The summed E-state index contributed by atoms with van der Waals surface area (Å²) in [5.41, 5.74) is 5.30. The molecule has 0 aliphatic carbocycles. The molecule has 0 saturated carbocycles. The molecule has 4 N–H and O–H groups in total. The Morgan fingerprint density at radius 3 is 1.57 bits per heavy atom. The van der Waals surface area contributed by atoms with Crippen molar-refractivity contribution in [2.75, 3.05) is 19.8 Å². The Labute approximate surface area is 307 Å². The van der Waals surface area contributed by atoms with Gasteiger partial charge < -0.3 is 25.2 Å². The predicted molar refractivity (Wildman–Crippen MR) is 203 cm³/mol. The normalized spacial score (nSPS) is 14.6. The Hall–Kier alpha value is -2.82. The van der Waals surface area contributed by atoms with Crippen LogP contribution in [0.15, 0.2) is 60.8 Å². The van der Waals surface area contributed by atoms with Crippen LogP contribution in [0, 0.1) is 0 Å². The van der Waals surface area contributed by atoms with Crippen LogP contribution < -0.4 is 5.73 Å². The largest absolute Gasteiger partial charge is 0.480 e. The van der Waals surface area contributed by atoms with Crippen LogP contribution in [0.3, 0.4) is 0 Å². The van der Waals surface area contributed by atoms with Crippen LogP contribution in [0.5, 0.6) is 0 Å². The maximum absolute atomic E-state index is 12.5. The van der Waals surface area contributed by atoms with Crippen LogP contribution in [0.25, 0.3) is 0 Å². The van der Waals surface area contributed by atoms with Crippen molar-refractivity contribution in [3.05, 3.63) is 60.8 Å². The molecule has 0 aromatic carbocycles. The molecule has 292 valence electrons. The number of unbranched alkanes of at least 4 members (excludes halogenated alkanes) is 11. The summed E-state index contributed by atoms with van der Waals surface area (Å²) in [6, 6.07) is -1.53. The molecule has 12 heteroatoms. The Morgan fingerprint density at radius 2 is 1.08 bits per heavy atom. The summed E-state index contributed by atoms with van der Waals surface area (Å²) in [6.45, 7) is 2.55. The van der Waals surface area contributed by atoms with E-state index < -0.39 is 51.1 Å². The highest BCUT2D eigenvalue weighted by atomic mass is 31.2. The number of rotatable bonds is 34. The van der Waals surface area contributed by atoms with E-state index in [0.717, 1.165) is 44.9 Å². The van der Waals surface area contributed by atoms with Gasteiger partial charge in [-0.3, -0.25) is 23.4 Å². The summed E-state index contributed by atoms with van der Waals surface area (Å²) in [5, 5.41) is 8.85. The molecule has 3 atom stereocenters. The van der Waals surface area contributed by atoms with Crippen molar-refractivity contribution in [3.8, 4) is 0 Å². The van der Waals surface area contributed by atoms with E-state index in [1.807, 2.05) is 18.2 Å². The van der Waals surface area contributed by atoms with Gasteiger partial charge >= 0.3 is 25.7 Å². The SMILES string of the molecule is CC/C=C\C/C=C\C/C=C\C/C=C\C/C=C\CC(=O)OC(COC(=O)CCCCCCCCCCCCCC)COP(=O)(O)OCC(N)C(=O)O. The standard InChI is InChI=1S/C39H66NO10P/c1-3-5-7-9-11-13-15-17-18-19-21-23-25-27-29-31-38(42)50-35(33-48-51(45,46)49-34-36(40)39(43)44)32-47-37(41)30-28-26-24-22-20-16-14-12-10-8-6-4-2/h5,7,11,13,17-18,21,23,27,29,35-36H,3-4,6,8-10,12,14-16,19-20,22,24-26,28,30-34,40H2,1-2H3,(H,43,44)(H,45,46)/b7-5-,13-11-,18-17-,23-21-,29-27-. The second-order valence-corrected chi connectivity index (χ2v) is 13.8. The number of aliphatic carboxylic acids is 1. The molecule has 0 aliphatic rings. The topological polar surface area (TPSA) is 172 Å². The number of hydrogen-bond acceptors (Lipinski definition) is 9. The Kier molecular flexibility index (Phi) is 32.4. The van der Waals surface area contributed by atoms with Gasteiger partial charge in [0.25, 0.3) is 0 Å². The molecule has 11 nitrogen and oxygen atoms in total. The van der Waals surface area contributed by atoms with Gasteiger partial charge in [-0.05, 0) is 38.5 Å². The van der Waals surface area contributed by atoms with Crippen LogP contribution in [0.1, 0.15) is 136 Å². The maximum Gasteiger partial charge on any atom is 0.472 e. The lowest BCUT2D eigenvalue weighted by atomic mass is 10.0. The second-order valence-electron chi connectivity index (χ2n) is 12.4. The quantitative estimate of drug-likeness (QED) is 0.0249. The number of hydrogen-bond donors (Lipinski definition) is 3. The number of nitrogens with two attached hydrogens (primary N) is 1. The van der Waals surface area contributed by atoms with Gasteiger partial charge in [-0.15, -0.1) is 0 Å². The van der Waals surface area contributed by atoms with Crippen LogP contribution >= 0.6 is 7.82 Å². The molecule has 0 aromatic rings. The van der Waals surface area contributed by atoms with Crippen LogP contribution in [-0.4, -0.2) is 59.9 Å². The van der Waals surface area contributed by atoms with Crippen molar-refractivity contribution >= 4 is 25.7 Å². The van der Waals surface area contributed by atoms with Crippen molar-refractivity contribution in [1.29, 1.82) is 0 Å². The molecule has 0 rings (SSSR count). The minimum atomic E-state index is -4.73. The molecular formula is C39H66NO10P. The predicted octanol–water partition coefficient (Wildman–Crippen LogP) is 9.22. The Bertz CT molecular complexity index is 1100. The van der Waals surface area contributed by atoms with E-state index in [-0.39, 0.29) is 19.4 Å². The molecule has 0 aromatic heterocycles. The van der Waals surface area contributed by atoms with Gasteiger partial charge in [-0.25, -0.2) is 4.57 Å². The number of ether oxygens (including phenoxy) is 2. The maximum atomic E-state index is 12.5. The van der Waals surface area contributed by atoms with Crippen molar-refractivity contribution in [3.63, 3.8) is 0 Å². The first kappa shape index (κ1) is 48.2. The monoisotopic (exact) mass is 739 g/mol. The van der Waals surface area contributed by atoms with E-state index in [0.29, 0.717) is 12.8 Å². The van der Waals surface area contributed by atoms with Gasteiger partial charge in [-0.2, -0.15) is 0 Å². The van der Waals surface area contributed by atoms with E-state index in [1.165, 1.54) is 51.4 Å². The van der Waals surface area contributed by atoms with Gasteiger partial charge in [-0.1, -0.05) is 145 Å². The number of allylic oxidation sites excluding steroid dienone is 9. The second kappa shape index (κ2) is 34.3. The molecular weight excluding hydrogens is 673 g/mol. The van der Waals surface area contributed by atoms with Crippen molar-refractivity contribution in [1.82, 2.24) is 0 Å². The number of carboxylic acids is 1. The zero-order valence-corrected chi connectivity index (χ0v) is 32.1. The van der Waals surface area contributed by atoms with E-state index in [2.05, 4.69) is 54.8 Å². The summed E-state index contributed by atoms with van der Waals surface area (Å²) in [6.07, 6.45) is 37.5. The van der Waals surface area contributed by atoms with Gasteiger partial charge in [0.1, 0.15) is 12.6 Å². The third-order valence-corrected chi connectivity index (χ3v) is 8.51. The van der Waals surface area contributed by atoms with Crippen molar-refractivity contribution < 1.29 is 47.5 Å². The van der Waals surface area contributed by atoms with Crippen molar-refractivity contribution in [2.45, 2.75) is 148 Å². The fraction of sp³-hybridized carbons (Fsp3) is 0.667. The number of esters is 2. The molecule has 0 saturated heterocycles. The molecule has 0 radical (unpaired) electrons. The summed E-state index contributed by atoms with van der Waals surface area (Å²) in [7, 11) is -4.73. The highest BCUT2D eigenvalue weighted by molar-refractivity contribution is 7.47. The average Bonchev–Trinajstić information content (AvgIpc) is 3.10. The van der Waals surface area contributed by atoms with E-state index in [4.69, 9.17) is 24.8 Å². The minimum Gasteiger partial charge on any atom is -0.480 e. The van der Waals surface area contributed by atoms with E-state index >= 15 is 0 Å². The van der Waals surface area contributed by atoms with Gasteiger partial charge in [0.2, 0.25) is 0 Å². The number of carbonyl (C=O) groups is 3. The van der Waals surface area contributed by atoms with Crippen LogP contribution in [0.4, 0.5) is 0 Å². The summed E-state index contributed by atoms with van der Waals surface area (Å²) >= 11 is 0. The molecule has 51 heavy (non-hydrogen) atoms. The number of phosphoric acid groups is 1. The molecule has 0 spiro atoms. The zero-order valence-electron chi connectivity index (χ0n) is 31.2. The summed E-state index contributed by atoms with van der Waals surface area (Å²) in [4.78, 5) is 45.6. The van der Waals surface area contributed by atoms with Crippen molar-refractivity contribution in [2.24, 2.45) is 5.73 Å². The third kappa shape index (κ3) is 34.1. The number of carboxylic acid groups (broad SMARTS) is 1. The highest BCUT2D eigenvalue weighted by Crippen LogP contribution is 2.43. The fourth-order valence-electron chi connectivity index (χ4n) is 4.61. The minimum absolute atomic E-state index is 0.0718. The summed E-state index contributed by atoms with van der Waals surface area (Å²) in [5.74, 6) is -2.54. The molecule has 0 bridgehead atoms. The van der Waals surface area contributed by atoms with Gasteiger partial charge in [0.05, 0.1) is 19.6 Å². The molecule has 0 aliphatic heterocycles. The van der Waals surface area contributed by atoms with Crippen LogP contribution in [0.2, 0.25) is 0 Å². The van der Waals surface area contributed by atoms with E-state index in [1.54, 1.807) is 6.08 Å². The summed E-state index contributed by atoms with van der Waals surface area (Å²) < 4.78 is 32.4. The number of phosphoric ester groups is 1. The first-order chi connectivity index (χ1) is 24.6. The number of carbonyl (C=O) groups excluding carboxylic acids is 2. The fourth-order valence-corrected chi connectivity index (χ4v) is 5.39. The van der Waals surface area contributed by atoms with Gasteiger partial charge in [0.15, 0.2) is 6.10 Å². The van der Waals surface area contributed by atoms with Crippen LogP contribution in [-0.2, 0) is 37.5 Å². The third-order valence-electron chi connectivity index (χ3n) is 7.56. The molecule has 3 unspecified atom stereocenters. The lowest BCUT2D eigenvalue weighted by Crippen LogP contribution is -2.34. The highest BCUT2D eigenvalue weighted by Gasteiger charge is 2.28. The van der Waals surface area contributed by atoms with Gasteiger partial charge in [0, 0.05) is 6.42 Å². The smallest absolute Gasteiger partial charge is 0.472 e. The average molecular weight is 740 g/mol. The first-order valence-electron chi connectivity index (χ1n) is 18.8. The molecule has 0 heterocycles.